The highest BCUT2D eigenvalue weighted by Gasteiger charge is 1.96. The van der Waals surface area contributed by atoms with Crippen LogP contribution in [0.1, 0.15) is 26.7 Å². The molecule has 1 atom stereocenters. The Hall–Kier alpha value is -0.720. The van der Waals surface area contributed by atoms with Crippen molar-refractivity contribution in [2.45, 2.75) is 26.7 Å². The molecule has 0 aromatic heterocycles. The van der Waals surface area contributed by atoms with Crippen LogP contribution in [0.4, 0.5) is 0 Å². The third-order valence-electron chi connectivity index (χ3n) is 1.57. The fourth-order valence-corrected chi connectivity index (χ4v) is 0.783. The van der Waals surface area contributed by atoms with Gasteiger partial charge in [0.15, 0.2) is 0 Å². The van der Waals surface area contributed by atoms with Gasteiger partial charge in [-0.2, -0.15) is 0 Å². The first-order valence-corrected chi connectivity index (χ1v) is 4.00. The van der Waals surface area contributed by atoms with E-state index >= 15 is 0 Å². The molecule has 1 nitrogen and oxygen atoms in total. The molecule has 0 amide bonds. The van der Waals surface area contributed by atoms with E-state index in [0.29, 0.717) is 5.92 Å². The van der Waals surface area contributed by atoms with E-state index in [-0.39, 0.29) is 0 Å². The minimum atomic E-state index is 0.589. The summed E-state index contributed by atoms with van der Waals surface area (Å²) < 4.78 is 4.82. The fraction of sp³-hybridized carbons (Fsp3) is 0.600. The highest BCUT2D eigenvalue weighted by molar-refractivity contribution is 4.90. The summed E-state index contributed by atoms with van der Waals surface area (Å²) in [5, 5.41) is 0. The summed E-state index contributed by atoms with van der Waals surface area (Å²) in [4.78, 5) is 0. The van der Waals surface area contributed by atoms with Crippen molar-refractivity contribution in [1.29, 1.82) is 0 Å². The predicted octanol–water partition coefficient (Wildman–Crippen LogP) is 3.14. The summed E-state index contributed by atoms with van der Waals surface area (Å²) >= 11 is 0. The second kappa shape index (κ2) is 6.02. The molecule has 0 bridgehead atoms. The minimum Gasteiger partial charge on any atom is -0.505 e. The van der Waals surface area contributed by atoms with Gasteiger partial charge in [-0.25, -0.2) is 0 Å². The molecule has 0 aromatic carbocycles. The lowest BCUT2D eigenvalue weighted by molar-refractivity contribution is 0.333. The highest BCUT2D eigenvalue weighted by atomic mass is 16.5. The number of methoxy groups -OCH3 is 1. The number of rotatable bonds is 5. The second-order valence-electron chi connectivity index (χ2n) is 3.04. The van der Waals surface area contributed by atoms with Crippen molar-refractivity contribution in [3.8, 4) is 0 Å². The van der Waals surface area contributed by atoms with Crippen molar-refractivity contribution in [2.24, 2.45) is 5.92 Å². The molecular weight excluding hydrogens is 136 g/mol. The summed E-state index contributed by atoms with van der Waals surface area (Å²) in [5.74, 6) is 0.589. The Labute approximate surface area is 69.8 Å². The molecule has 11 heavy (non-hydrogen) atoms. The van der Waals surface area contributed by atoms with Crippen molar-refractivity contribution in [2.75, 3.05) is 7.11 Å². The van der Waals surface area contributed by atoms with Crippen LogP contribution in [0.15, 0.2) is 24.5 Å². The largest absolute Gasteiger partial charge is 0.505 e. The van der Waals surface area contributed by atoms with Gasteiger partial charge in [0.1, 0.15) is 0 Å². The highest BCUT2D eigenvalue weighted by Crippen LogP contribution is 2.10. The second-order valence-corrected chi connectivity index (χ2v) is 3.04. The third-order valence-corrected chi connectivity index (χ3v) is 1.57. The number of allylic oxidation sites excluding steroid dienone is 2. The molecule has 1 heteroatoms. The van der Waals surface area contributed by atoms with Gasteiger partial charge in [-0.15, -0.1) is 6.58 Å². The van der Waals surface area contributed by atoms with Crippen molar-refractivity contribution >= 4 is 0 Å². The maximum absolute atomic E-state index is 4.82. The zero-order chi connectivity index (χ0) is 8.69. The molecule has 0 fully saturated rings. The average molecular weight is 154 g/mol. The van der Waals surface area contributed by atoms with Gasteiger partial charge in [0.05, 0.1) is 13.4 Å². The normalized spacial score (nSPS) is 13.4. The van der Waals surface area contributed by atoms with Gasteiger partial charge in [-0.3, -0.25) is 0 Å². The molecule has 0 radical (unpaired) electrons. The molecule has 0 aliphatic carbocycles. The summed E-state index contributed by atoms with van der Waals surface area (Å²) in [7, 11) is 1.67. The Morgan fingerprint density at radius 2 is 2.27 bits per heavy atom. The van der Waals surface area contributed by atoms with Gasteiger partial charge in [0, 0.05) is 0 Å². The van der Waals surface area contributed by atoms with Gasteiger partial charge in [0.2, 0.25) is 0 Å². The van der Waals surface area contributed by atoms with Crippen LogP contribution in [0.25, 0.3) is 0 Å². The molecule has 0 aliphatic rings. The molecule has 0 saturated carbocycles. The topological polar surface area (TPSA) is 9.23 Å². The van der Waals surface area contributed by atoms with E-state index in [1.807, 2.05) is 0 Å². The van der Waals surface area contributed by atoms with E-state index in [1.165, 1.54) is 5.57 Å². The number of ether oxygens (including phenoxy) is 1. The summed E-state index contributed by atoms with van der Waals surface area (Å²) in [6.07, 6.45) is 6.08. The van der Waals surface area contributed by atoms with Crippen LogP contribution in [0, 0.1) is 5.92 Å². The van der Waals surface area contributed by atoms with Crippen molar-refractivity contribution in [1.82, 2.24) is 0 Å². The summed E-state index contributed by atoms with van der Waals surface area (Å²) in [5.41, 5.74) is 1.25. The zero-order valence-corrected chi connectivity index (χ0v) is 7.76. The van der Waals surface area contributed by atoms with Gasteiger partial charge in [0.25, 0.3) is 0 Å². The monoisotopic (exact) mass is 154 g/mol. The van der Waals surface area contributed by atoms with Gasteiger partial charge in [-0.1, -0.05) is 12.5 Å². The van der Waals surface area contributed by atoms with E-state index in [4.69, 9.17) is 4.74 Å². The van der Waals surface area contributed by atoms with Crippen LogP contribution >= 0.6 is 0 Å². The lowest BCUT2D eigenvalue weighted by Crippen LogP contribution is -1.89. The first kappa shape index (κ1) is 10.3. The molecule has 0 spiro atoms. The molecular formula is C10H18O. The van der Waals surface area contributed by atoms with Crippen LogP contribution in [0.2, 0.25) is 0 Å². The molecule has 1 unspecified atom stereocenters. The van der Waals surface area contributed by atoms with Crippen molar-refractivity contribution in [3.05, 3.63) is 24.5 Å². The van der Waals surface area contributed by atoms with E-state index in [9.17, 15) is 0 Å². The van der Waals surface area contributed by atoms with Crippen LogP contribution in [0.3, 0.4) is 0 Å². The average Bonchev–Trinajstić information content (AvgIpc) is 1.97. The van der Waals surface area contributed by atoms with Gasteiger partial charge >= 0.3 is 0 Å². The summed E-state index contributed by atoms with van der Waals surface area (Å²) in [6, 6.07) is 0. The third kappa shape index (κ3) is 7.17. The van der Waals surface area contributed by atoms with Crippen LogP contribution < -0.4 is 0 Å². The lowest BCUT2D eigenvalue weighted by Gasteiger charge is -2.04. The van der Waals surface area contributed by atoms with E-state index in [2.05, 4.69) is 26.5 Å². The molecule has 0 saturated heterocycles. The quantitative estimate of drug-likeness (QED) is 0.436. The maximum atomic E-state index is 4.82. The molecule has 0 rings (SSSR count). The first-order chi connectivity index (χ1) is 5.16. The van der Waals surface area contributed by atoms with Crippen LogP contribution in [-0.2, 0) is 4.74 Å². The molecule has 0 N–H and O–H groups in total. The summed E-state index contributed by atoms with van der Waals surface area (Å²) in [6.45, 7) is 8.09. The number of hydrogen-bond acceptors (Lipinski definition) is 1. The molecule has 0 aliphatic heterocycles. The Bertz CT molecular complexity index is 136. The van der Waals surface area contributed by atoms with Crippen LogP contribution in [-0.4, -0.2) is 7.11 Å². The molecule has 64 valence electrons. The lowest BCUT2D eigenvalue weighted by atomic mass is 10.0. The Balaban J connectivity index is 3.44. The van der Waals surface area contributed by atoms with Gasteiger partial charge in [-0.05, 0) is 31.8 Å². The first-order valence-electron chi connectivity index (χ1n) is 4.00. The van der Waals surface area contributed by atoms with E-state index in [0.717, 1.165) is 12.8 Å². The van der Waals surface area contributed by atoms with E-state index in [1.54, 1.807) is 13.4 Å². The Morgan fingerprint density at radius 1 is 1.64 bits per heavy atom. The zero-order valence-electron chi connectivity index (χ0n) is 7.76. The SMILES string of the molecule is C=C(C)CCC(C)/C=C/OC. The Morgan fingerprint density at radius 3 is 2.73 bits per heavy atom. The minimum absolute atomic E-state index is 0.589. The smallest absolute Gasteiger partial charge is 0.0787 e. The van der Waals surface area contributed by atoms with Crippen LogP contribution in [0.5, 0.6) is 0 Å². The van der Waals surface area contributed by atoms with E-state index < -0.39 is 0 Å². The predicted molar refractivity (Wildman–Crippen MR) is 49.4 cm³/mol. The van der Waals surface area contributed by atoms with Crippen molar-refractivity contribution < 1.29 is 4.74 Å². The Kier molecular flexibility index (Phi) is 5.63. The number of hydrogen-bond donors (Lipinski definition) is 0. The molecule has 0 aromatic rings. The standard InChI is InChI=1S/C10H18O/c1-9(2)5-6-10(3)7-8-11-4/h7-8,10H,1,5-6H2,2-4H3/b8-7+. The fourth-order valence-electron chi connectivity index (χ4n) is 0.783. The van der Waals surface area contributed by atoms with Crippen molar-refractivity contribution in [3.63, 3.8) is 0 Å². The van der Waals surface area contributed by atoms with Gasteiger partial charge < -0.3 is 4.74 Å². The maximum Gasteiger partial charge on any atom is 0.0787 e. The molecule has 0 heterocycles.